The standard InChI is InChI=1S/C12H12F2O2/c13-9-4-3-8(7-10(9)14)11(15)12(16)5-1-2-6-12/h3-4,7,16H,1-2,5-6H2. The predicted molar refractivity (Wildman–Crippen MR) is 54.1 cm³/mol. The van der Waals surface area contributed by atoms with Crippen molar-refractivity contribution in [3.63, 3.8) is 0 Å². The molecule has 86 valence electrons. The molecule has 1 aromatic carbocycles. The van der Waals surface area contributed by atoms with Crippen molar-refractivity contribution in [1.29, 1.82) is 0 Å². The molecule has 2 rings (SSSR count). The van der Waals surface area contributed by atoms with Gasteiger partial charge >= 0.3 is 0 Å². The Labute approximate surface area is 91.9 Å². The highest BCUT2D eigenvalue weighted by Gasteiger charge is 2.39. The Hall–Kier alpha value is -1.29. The van der Waals surface area contributed by atoms with Gasteiger partial charge in [-0.25, -0.2) is 8.78 Å². The molecule has 16 heavy (non-hydrogen) atoms. The van der Waals surface area contributed by atoms with Gasteiger partial charge in [0.1, 0.15) is 5.60 Å². The molecule has 0 aliphatic heterocycles. The summed E-state index contributed by atoms with van der Waals surface area (Å²) in [6, 6.07) is 2.95. The van der Waals surface area contributed by atoms with Crippen molar-refractivity contribution in [3.8, 4) is 0 Å². The first-order chi connectivity index (χ1) is 7.53. The van der Waals surface area contributed by atoms with Crippen molar-refractivity contribution in [2.75, 3.05) is 0 Å². The lowest BCUT2D eigenvalue weighted by molar-refractivity contribution is 0.0352. The Kier molecular flexibility index (Phi) is 2.76. The molecule has 4 heteroatoms. The molecule has 0 bridgehead atoms. The normalized spacial score (nSPS) is 18.7. The minimum Gasteiger partial charge on any atom is -0.382 e. The molecule has 1 N–H and O–H groups in total. The van der Waals surface area contributed by atoms with Crippen molar-refractivity contribution < 1.29 is 18.7 Å². The van der Waals surface area contributed by atoms with Crippen LogP contribution in [0, 0.1) is 11.6 Å². The maximum absolute atomic E-state index is 12.9. The second-order valence-electron chi connectivity index (χ2n) is 4.20. The topological polar surface area (TPSA) is 37.3 Å². The summed E-state index contributed by atoms with van der Waals surface area (Å²) in [6.07, 6.45) is 2.35. The van der Waals surface area contributed by atoms with Crippen LogP contribution in [0.15, 0.2) is 18.2 Å². The number of benzene rings is 1. The van der Waals surface area contributed by atoms with Crippen molar-refractivity contribution in [2.24, 2.45) is 0 Å². The van der Waals surface area contributed by atoms with Gasteiger partial charge in [0.05, 0.1) is 0 Å². The van der Waals surface area contributed by atoms with Gasteiger partial charge in [-0.2, -0.15) is 0 Å². The van der Waals surface area contributed by atoms with Gasteiger partial charge < -0.3 is 5.11 Å². The quantitative estimate of drug-likeness (QED) is 0.786. The summed E-state index contributed by atoms with van der Waals surface area (Å²) >= 11 is 0. The van der Waals surface area contributed by atoms with Gasteiger partial charge in [-0.3, -0.25) is 4.79 Å². The second-order valence-corrected chi connectivity index (χ2v) is 4.20. The van der Waals surface area contributed by atoms with E-state index >= 15 is 0 Å². The summed E-state index contributed by atoms with van der Waals surface area (Å²) in [4.78, 5) is 11.9. The molecule has 0 amide bonds. The molecule has 0 atom stereocenters. The Morgan fingerprint density at radius 1 is 1.19 bits per heavy atom. The summed E-state index contributed by atoms with van der Waals surface area (Å²) in [5.41, 5.74) is -1.35. The molecule has 0 heterocycles. The van der Waals surface area contributed by atoms with Crippen LogP contribution in [0.5, 0.6) is 0 Å². The summed E-state index contributed by atoms with van der Waals surface area (Å²) < 4.78 is 25.6. The summed E-state index contributed by atoms with van der Waals surface area (Å²) in [7, 11) is 0. The first-order valence-corrected chi connectivity index (χ1v) is 5.25. The lowest BCUT2D eigenvalue weighted by Gasteiger charge is -2.20. The third-order valence-corrected chi connectivity index (χ3v) is 3.04. The van der Waals surface area contributed by atoms with E-state index in [0.29, 0.717) is 12.8 Å². The Morgan fingerprint density at radius 3 is 2.38 bits per heavy atom. The van der Waals surface area contributed by atoms with Crippen LogP contribution in [0.4, 0.5) is 8.78 Å². The van der Waals surface area contributed by atoms with Gasteiger partial charge in [0.2, 0.25) is 0 Å². The second kappa shape index (κ2) is 3.94. The number of carbonyl (C=O) groups excluding carboxylic acids is 1. The maximum Gasteiger partial charge on any atom is 0.194 e. The van der Waals surface area contributed by atoms with E-state index in [1.807, 2.05) is 0 Å². The third kappa shape index (κ3) is 1.85. The molecular weight excluding hydrogens is 214 g/mol. The number of hydrogen-bond donors (Lipinski definition) is 1. The monoisotopic (exact) mass is 226 g/mol. The van der Waals surface area contributed by atoms with Crippen molar-refractivity contribution in [2.45, 2.75) is 31.3 Å². The van der Waals surface area contributed by atoms with Crippen LogP contribution >= 0.6 is 0 Å². The number of carbonyl (C=O) groups is 1. The highest BCUT2D eigenvalue weighted by Crippen LogP contribution is 2.32. The van der Waals surface area contributed by atoms with Crippen LogP contribution < -0.4 is 0 Å². The van der Waals surface area contributed by atoms with Crippen LogP contribution in [-0.4, -0.2) is 16.5 Å². The predicted octanol–water partition coefficient (Wildman–Crippen LogP) is 2.45. The fraction of sp³-hybridized carbons (Fsp3) is 0.417. The zero-order valence-corrected chi connectivity index (χ0v) is 8.67. The van der Waals surface area contributed by atoms with Gasteiger partial charge in [-0.15, -0.1) is 0 Å². The molecule has 1 aromatic rings. The van der Waals surface area contributed by atoms with E-state index in [1.165, 1.54) is 6.07 Å². The first-order valence-electron chi connectivity index (χ1n) is 5.25. The van der Waals surface area contributed by atoms with Crippen molar-refractivity contribution >= 4 is 5.78 Å². The zero-order valence-electron chi connectivity index (χ0n) is 8.67. The molecule has 0 spiro atoms. The lowest BCUT2D eigenvalue weighted by Crippen LogP contribution is -2.35. The minimum atomic E-state index is -1.38. The van der Waals surface area contributed by atoms with Gasteiger partial charge in [0.25, 0.3) is 0 Å². The molecule has 0 aromatic heterocycles. The molecule has 0 radical (unpaired) electrons. The average Bonchev–Trinajstić information content (AvgIpc) is 2.70. The molecule has 2 nitrogen and oxygen atoms in total. The number of rotatable bonds is 2. The average molecular weight is 226 g/mol. The van der Waals surface area contributed by atoms with E-state index in [9.17, 15) is 18.7 Å². The van der Waals surface area contributed by atoms with E-state index in [0.717, 1.165) is 25.0 Å². The van der Waals surface area contributed by atoms with Crippen molar-refractivity contribution in [1.82, 2.24) is 0 Å². The van der Waals surface area contributed by atoms with E-state index in [2.05, 4.69) is 0 Å². The Morgan fingerprint density at radius 2 is 1.81 bits per heavy atom. The largest absolute Gasteiger partial charge is 0.382 e. The number of aliphatic hydroxyl groups is 1. The van der Waals surface area contributed by atoms with Crippen LogP contribution in [0.2, 0.25) is 0 Å². The van der Waals surface area contributed by atoms with Crippen LogP contribution in [0.1, 0.15) is 36.0 Å². The van der Waals surface area contributed by atoms with E-state index in [1.54, 1.807) is 0 Å². The summed E-state index contributed by atoms with van der Waals surface area (Å²) in [5, 5.41) is 10.0. The van der Waals surface area contributed by atoms with Gasteiger partial charge in [0, 0.05) is 5.56 Å². The maximum atomic E-state index is 12.9. The fourth-order valence-corrected chi connectivity index (χ4v) is 2.09. The van der Waals surface area contributed by atoms with Gasteiger partial charge in [-0.1, -0.05) is 0 Å². The van der Waals surface area contributed by atoms with E-state index < -0.39 is 23.0 Å². The van der Waals surface area contributed by atoms with Crippen LogP contribution in [0.25, 0.3) is 0 Å². The molecule has 1 fully saturated rings. The third-order valence-electron chi connectivity index (χ3n) is 3.04. The summed E-state index contributed by atoms with van der Waals surface area (Å²) in [6.45, 7) is 0. The highest BCUT2D eigenvalue weighted by atomic mass is 19.2. The smallest absolute Gasteiger partial charge is 0.194 e. The molecule has 1 aliphatic carbocycles. The zero-order chi connectivity index (χ0) is 11.8. The van der Waals surface area contributed by atoms with Gasteiger partial charge in [-0.05, 0) is 43.9 Å². The number of hydrogen-bond acceptors (Lipinski definition) is 2. The SMILES string of the molecule is O=C(c1ccc(F)c(F)c1)C1(O)CCCC1. The number of Topliss-reactive ketones (excluding diaryl/α,β-unsaturated/α-hetero) is 1. The Bertz CT molecular complexity index is 423. The minimum absolute atomic E-state index is 0.0308. The molecule has 1 saturated carbocycles. The lowest BCUT2D eigenvalue weighted by atomic mass is 9.91. The number of ketones is 1. The van der Waals surface area contributed by atoms with Gasteiger partial charge in [0.15, 0.2) is 17.4 Å². The van der Waals surface area contributed by atoms with E-state index in [4.69, 9.17) is 0 Å². The van der Waals surface area contributed by atoms with Crippen LogP contribution in [0.3, 0.4) is 0 Å². The molecule has 0 saturated heterocycles. The fourth-order valence-electron chi connectivity index (χ4n) is 2.09. The molecule has 1 aliphatic rings. The summed E-state index contributed by atoms with van der Waals surface area (Å²) in [5.74, 6) is -2.56. The Balaban J connectivity index is 2.30. The first kappa shape index (κ1) is 11.2. The number of halogens is 2. The van der Waals surface area contributed by atoms with Crippen LogP contribution in [-0.2, 0) is 0 Å². The highest BCUT2D eigenvalue weighted by molar-refractivity contribution is 6.02. The molecular formula is C12H12F2O2. The van der Waals surface area contributed by atoms with E-state index in [-0.39, 0.29) is 5.56 Å². The molecule has 0 unspecified atom stereocenters. The van der Waals surface area contributed by atoms with Crippen molar-refractivity contribution in [3.05, 3.63) is 35.4 Å².